The normalized spacial score (nSPS) is 11.9. The first-order chi connectivity index (χ1) is 9.04. The summed E-state index contributed by atoms with van der Waals surface area (Å²) >= 11 is 3.39. The number of aromatic hydroxyl groups is 1. The standard InChI is InChI=1S/C15H19BrO3/c1-4-7-11-13(19-14(16)6-3)9-8-10(15(11)18)12(17)5-2/h4,8-9,14,18H,1,5-7H2,2-3H3. The Bertz CT molecular complexity index is 469. The second kappa shape index (κ2) is 7.34. The van der Waals surface area contributed by atoms with Gasteiger partial charge >= 0.3 is 0 Å². The molecule has 0 saturated carbocycles. The van der Waals surface area contributed by atoms with E-state index in [1.54, 1.807) is 25.1 Å². The monoisotopic (exact) mass is 326 g/mol. The fraction of sp³-hybridized carbons (Fsp3) is 0.400. The van der Waals surface area contributed by atoms with E-state index in [0.29, 0.717) is 29.7 Å². The summed E-state index contributed by atoms with van der Waals surface area (Å²) < 4.78 is 5.69. The molecule has 0 amide bonds. The molecule has 0 aliphatic rings. The third kappa shape index (κ3) is 3.83. The van der Waals surface area contributed by atoms with Gasteiger partial charge in [-0.1, -0.05) is 19.9 Å². The zero-order chi connectivity index (χ0) is 14.4. The summed E-state index contributed by atoms with van der Waals surface area (Å²) in [7, 11) is 0. The van der Waals surface area contributed by atoms with Crippen LogP contribution in [0.15, 0.2) is 24.8 Å². The molecule has 1 rings (SSSR count). The Kier molecular flexibility index (Phi) is 6.09. The summed E-state index contributed by atoms with van der Waals surface area (Å²) in [5.41, 5.74) is 0.946. The first-order valence-corrected chi connectivity index (χ1v) is 7.26. The lowest BCUT2D eigenvalue weighted by Gasteiger charge is -2.17. The lowest BCUT2D eigenvalue weighted by atomic mass is 10.0. The van der Waals surface area contributed by atoms with Gasteiger partial charge in [-0.15, -0.1) is 6.58 Å². The van der Waals surface area contributed by atoms with Crippen LogP contribution in [0.3, 0.4) is 0 Å². The summed E-state index contributed by atoms with van der Waals surface area (Å²) in [5, 5.41) is 10.1. The van der Waals surface area contributed by atoms with Crippen molar-refractivity contribution in [2.24, 2.45) is 0 Å². The van der Waals surface area contributed by atoms with E-state index in [0.717, 1.165) is 6.42 Å². The molecule has 0 aliphatic carbocycles. The molecule has 0 fully saturated rings. The Labute approximate surface area is 122 Å². The summed E-state index contributed by atoms with van der Waals surface area (Å²) in [4.78, 5) is 11.7. The van der Waals surface area contributed by atoms with Gasteiger partial charge in [0, 0.05) is 12.0 Å². The molecule has 0 heterocycles. The van der Waals surface area contributed by atoms with Crippen molar-refractivity contribution < 1.29 is 14.6 Å². The molecule has 0 aliphatic heterocycles. The van der Waals surface area contributed by atoms with Gasteiger partial charge in [0.15, 0.2) is 10.8 Å². The molecule has 4 heteroatoms. The van der Waals surface area contributed by atoms with Crippen LogP contribution >= 0.6 is 15.9 Å². The van der Waals surface area contributed by atoms with Crippen molar-refractivity contribution in [3.8, 4) is 11.5 Å². The van der Waals surface area contributed by atoms with E-state index in [1.807, 2.05) is 6.92 Å². The zero-order valence-electron chi connectivity index (χ0n) is 11.3. The van der Waals surface area contributed by atoms with Gasteiger partial charge in [0.05, 0.1) is 5.56 Å². The van der Waals surface area contributed by atoms with Crippen molar-refractivity contribution in [2.45, 2.75) is 38.1 Å². The Hall–Kier alpha value is -1.29. The highest BCUT2D eigenvalue weighted by Gasteiger charge is 2.18. The highest BCUT2D eigenvalue weighted by molar-refractivity contribution is 9.09. The van der Waals surface area contributed by atoms with Crippen LogP contribution in [-0.4, -0.2) is 15.9 Å². The van der Waals surface area contributed by atoms with Gasteiger partial charge in [0.25, 0.3) is 0 Å². The van der Waals surface area contributed by atoms with Gasteiger partial charge in [0.2, 0.25) is 0 Å². The molecule has 19 heavy (non-hydrogen) atoms. The molecule has 0 spiro atoms. The third-order valence-electron chi connectivity index (χ3n) is 2.79. The van der Waals surface area contributed by atoms with Crippen LogP contribution in [0.25, 0.3) is 0 Å². The van der Waals surface area contributed by atoms with E-state index in [1.165, 1.54) is 0 Å². The number of ether oxygens (including phenoxy) is 1. The molecule has 1 unspecified atom stereocenters. The van der Waals surface area contributed by atoms with Gasteiger partial charge in [0.1, 0.15) is 11.5 Å². The predicted octanol–water partition coefficient (Wildman–Crippen LogP) is 4.22. The van der Waals surface area contributed by atoms with E-state index in [4.69, 9.17) is 4.74 Å². The first-order valence-electron chi connectivity index (χ1n) is 6.34. The molecule has 1 N–H and O–H groups in total. The number of carbonyl (C=O) groups excluding carboxylic acids is 1. The van der Waals surface area contributed by atoms with Gasteiger partial charge in [-0.25, -0.2) is 0 Å². The Morgan fingerprint density at radius 2 is 2.21 bits per heavy atom. The topological polar surface area (TPSA) is 46.5 Å². The number of phenolic OH excluding ortho intramolecular Hbond substituents is 1. The van der Waals surface area contributed by atoms with Gasteiger partial charge in [-0.2, -0.15) is 0 Å². The minimum atomic E-state index is -0.122. The van der Waals surface area contributed by atoms with Gasteiger partial charge < -0.3 is 9.84 Å². The predicted molar refractivity (Wildman–Crippen MR) is 80.3 cm³/mol. The number of halogens is 1. The molecule has 1 aromatic rings. The number of ketones is 1. The van der Waals surface area contributed by atoms with Crippen LogP contribution in [0.2, 0.25) is 0 Å². The lowest BCUT2D eigenvalue weighted by molar-refractivity contribution is 0.0985. The molecule has 0 aromatic heterocycles. The fourth-order valence-electron chi connectivity index (χ4n) is 1.71. The van der Waals surface area contributed by atoms with Crippen molar-refractivity contribution in [1.29, 1.82) is 0 Å². The van der Waals surface area contributed by atoms with Crippen LogP contribution in [-0.2, 0) is 6.42 Å². The number of Topliss-reactive ketones (excluding diaryl/α,β-unsaturated/α-hetero) is 1. The molecule has 1 atom stereocenters. The maximum absolute atomic E-state index is 11.7. The first kappa shape index (κ1) is 15.8. The molecule has 3 nitrogen and oxygen atoms in total. The van der Waals surface area contributed by atoms with Crippen LogP contribution in [0.1, 0.15) is 42.6 Å². The van der Waals surface area contributed by atoms with Crippen LogP contribution < -0.4 is 4.74 Å². The van der Waals surface area contributed by atoms with E-state index in [-0.39, 0.29) is 16.5 Å². The molecular formula is C15H19BrO3. The highest BCUT2D eigenvalue weighted by atomic mass is 79.9. The lowest BCUT2D eigenvalue weighted by Crippen LogP contribution is -2.09. The maximum Gasteiger partial charge on any atom is 0.166 e. The molecule has 1 aromatic carbocycles. The minimum Gasteiger partial charge on any atom is -0.507 e. The summed E-state index contributed by atoms with van der Waals surface area (Å²) in [6.45, 7) is 7.43. The number of phenols is 1. The van der Waals surface area contributed by atoms with Crippen LogP contribution in [0, 0.1) is 0 Å². The van der Waals surface area contributed by atoms with Crippen LogP contribution in [0.5, 0.6) is 11.5 Å². The Morgan fingerprint density at radius 1 is 1.53 bits per heavy atom. The molecular weight excluding hydrogens is 308 g/mol. The smallest absolute Gasteiger partial charge is 0.166 e. The van der Waals surface area contributed by atoms with E-state index >= 15 is 0 Å². The fourth-order valence-corrected chi connectivity index (χ4v) is 1.91. The van der Waals surface area contributed by atoms with E-state index in [9.17, 15) is 9.90 Å². The van der Waals surface area contributed by atoms with Crippen LogP contribution in [0.4, 0.5) is 0 Å². The van der Waals surface area contributed by atoms with Crippen molar-refractivity contribution >= 4 is 21.7 Å². The number of alkyl halides is 1. The number of carbonyl (C=O) groups is 1. The SMILES string of the molecule is C=CCc1c(OC(Br)CC)ccc(C(=O)CC)c1O. The number of hydrogen-bond donors (Lipinski definition) is 1. The summed E-state index contributed by atoms with van der Waals surface area (Å²) in [6, 6.07) is 3.34. The van der Waals surface area contributed by atoms with Gasteiger partial charge in [-0.05, 0) is 40.9 Å². The number of rotatable bonds is 7. The average molecular weight is 327 g/mol. The van der Waals surface area contributed by atoms with E-state index in [2.05, 4.69) is 22.5 Å². The second-order valence-corrected chi connectivity index (χ2v) is 5.17. The second-order valence-electron chi connectivity index (χ2n) is 4.14. The molecule has 104 valence electrons. The van der Waals surface area contributed by atoms with E-state index < -0.39 is 0 Å². The number of benzene rings is 1. The third-order valence-corrected chi connectivity index (χ3v) is 3.62. The summed E-state index contributed by atoms with van der Waals surface area (Å²) in [6.07, 6.45) is 3.29. The molecule has 0 saturated heterocycles. The highest BCUT2D eigenvalue weighted by Crippen LogP contribution is 2.34. The number of allylic oxidation sites excluding steroid dienone is 1. The van der Waals surface area contributed by atoms with Crippen molar-refractivity contribution in [3.05, 3.63) is 35.9 Å². The Balaban J connectivity index is 3.22. The quantitative estimate of drug-likeness (QED) is 0.463. The average Bonchev–Trinajstić information content (AvgIpc) is 2.42. The van der Waals surface area contributed by atoms with Crippen molar-refractivity contribution in [3.63, 3.8) is 0 Å². The Morgan fingerprint density at radius 3 is 2.74 bits per heavy atom. The largest absolute Gasteiger partial charge is 0.507 e. The number of hydrogen-bond acceptors (Lipinski definition) is 3. The van der Waals surface area contributed by atoms with Crippen molar-refractivity contribution in [2.75, 3.05) is 0 Å². The van der Waals surface area contributed by atoms with Crippen molar-refractivity contribution in [1.82, 2.24) is 0 Å². The summed E-state index contributed by atoms with van der Waals surface area (Å²) in [5.74, 6) is 0.495. The van der Waals surface area contributed by atoms with Gasteiger partial charge in [-0.3, -0.25) is 4.79 Å². The maximum atomic E-state index is 11.7. The zero-order valence-corrected chi connectivity index (χ0v) is 12.9. The molecule has 0 radical (unpaired) electrons. The minimum absolute atomic E-state index is 0.0000491. The molecule has 0 bridgehead atoms.